The summed E-state index contributed by atoms with van der Waals surface area (Å²) in [6.07, 6.45) is 0. The maximum absolute atomic E-state index is 11.9. The smallest absolute Gasteiger partial charge is 0.330 e. The summed E-state index contributed by atoms with van der Waals surface area (Å²) in [5.41, 5.74) is 5.45. The molecule has 1 heterocycles. The number of benzene rings is 1. The van der Waals surface area contributed by atoms with Crippen LogP contribution >= 0.6 is 0 Å². The average Bonchev–Trinajstić information content (AvgIpc) is 2.46. The third-order valence-electron chi connectivity index (χ3n) is 2.97. The number of nitrogens with zero attached hydrogens (tertiary/aromatic N) is 1. The van der Waals surface area contributed by atoms with Crippen LogP contribution < -0.4 is 27.0 Å². The van der Waals surface area contributed by atoms with Gasteiger partial charge >= 0.3 is 5.69 Å². The van der Waals surface area contributed by atoms with Crippen LogP contribution in [0.2, 0.25) is 0 Å². The predicted octanol–water partition coefficient (Wildman–Crippen LogP) is 0.217. The molecule has 7 heteroatoms. The molecule has 0 unspecified atom stereocenters. The van der Waals surface area contributed by atoms with Crippen molar-refractivity contribution in [3.8, 4) is 5.75 Å². The van der Waals surface area contributed by atoms with Gasteiger partial charge in [0, 0.05) is 7.05 Å². The lowest BCUT2D eigenvalue weighted by atomic mass is 10.2. The van der Waals surface area contributed by atoms with Crippen molar-refractivity contribution in [2.24, 2.45) is 0 Å². The number of methoxy groups -OCH3 is 1. The molecule has 0 atom stereocenters. The molecule has 0 aliphatic rings. The Balaban J connectivity index is 2.44. The highest BCUT2D eigenvalue weighted by Gasteiger charge is 2.11. The number of nitrogens with one attached hydrogen (secondary N) is 2. The van der Waals surface area contributed by atoms with E-state index in [2.05, 4.69) is 10.3 Å². The molecule has 4 N–H and O–H groups in total. The van der Waals surface area contributed by atoms with Crippen LogP contribution in [-0.2, 0) is 6.54 Å². The summed E-state index contributed by atoms with van der Waals surface area (Å²) in [5.74, 6) is 1.03. The molecule has 0 aliphatic carbocycles. The van der Waals surface area contributed by atoms with E-state index < -0.39 is 11.2 Å². The van der Waals surface area contributed by atoms with E-state index >= 15 is 0 Å². The molecule has 0 saturated heterocycles. The number of hydrogen-bond donors (Lipinski definition) is 3. The number of nitrogen functional groups attached to an aromatic ring is 1. The van der Waals surface area contributed by atoms with Crippen LogP contribution in [0.5, 0.6) is 5.75 Å². The van der Waals surface area contributed by atoms with Crippen LogP contribution in [0.3, 0.4) is 0 Å². The fourth-order valence-corrected chi connectivity index (χ4v) is 1.92. The van der Waals surface area contributed by atoms with Crippen LogP contribution in [0.25, 0.3) is 0 Å². The Morgan fingerprint density at radius 2 is 1.95 bits per heavy atom. The van der Waals surface area contributed by atoms with E-state index in [1.807, 2.05) is 12.1 Å². The molecule has 7 nitrogen and oxygen atoms in total. The Hall–Kier alpha value is -2.70. The number of aromatic nitrogens is 2. The summed E-state index contributed by atoms with van der Waals surface area (Å²) in [6, 6.07) is 7.28. The molecular formula is C13H16N4O3. The van der Waals surface area contributed by atoms with Crippen molar-refractivity contribution < 1.29 is 4.74 Å². The minimum absolute atomic E-state index is 0.0133. The fraction of sp³-hybridized carbons (Fsp3) is 0.231. The molecular weight excluding hydrogens is 260 g/mol. The van der Waals surface area contributed by atoms with Gasteiger partial charge in [0.05, 0.1) is 13.7 Å². The van der Waals surface area contributed by atoms with Gasteiger partial charge in [0.25, 0.3) is 5.56 Å². The lowest BCUT2D eigenvalue weighted by Gasteiger charge is -2.13. The predicted molar refractivity (Wildman–Crippen MR) is 77.4 cm³/mol. The Morgan fingerprint density at radius 3 is 2.50 bits per heavy atom. The molecule has 0 aliphatic heterocycles. The zero-order valence-corrected chi connectivity index (χ0v) is 11.3. The normalized spacial score (nSPS) is 10.3. The van der Waals surface area contributed by atoms with Gasteiger partial charge in [-0.15, -0.1) is 0 Å². The van der Waals surface area contributed by atoms with Gasteiger partial charge in [-0.2, -0.15) is 0 Å². The van der Waals surface area contributed by atoms with E-state index in [-0.39, 0.29) is 5.69 Å². The van der Waals surface area contributed by atoms with Gasteiger partial charge in [-0.1, -0.05) is 12.1 Å². The first-order valence-electron chi connectivity index (χ1n) is 6.00. The van der Waals surface area contributed by atoms with Crippen LogP contribution in [0.15, 0.2) is 33.9 Å². The number of aromatic amines is 1. The van der Waals surface area contributed by atoms with Gasteiger partial charge in [0.2, 0.25) is 0 Å². The van der Waals surface area contributed by atoms with Gasteiger partial charge in [0.15, 0.2) is 0 Å². The zero-order valence-electron chi connectivity index (χ0n) is 11.3. The zero-order chi connectivity index (χ0) is 14.7. The number of nitrogens with two attached hydrogens (primary N) is 1. The van der Waals surface area contributed by atoms with E-state index in [1.165, 1.54) is 4.57 Å². The van der Waals surface area contributed by atoms with Crippen LogP contribution in [0.4, 0.5) is 11.5 Å². The van der Waals surface area contributed by atoms with Gasteiger partial charge in [-0.3, -0.25) is 14.3 Å². The SMILES string of the molecule is CNc1c(N)c(=O)[nH]c(=O)n1Cc1ccc(OC)cc1. The minimum Gasteiger partial charge on any atom is -0.497 e. The Kier molecular flexibility index (Phi) is 3.79. The summed E-state index contributed by atoms with van der Waals surface area (Å²) >= 11 is 0. The molecule has 0 fully saturated rings. The minimum atomic E-state index is -0.592. The van der Waals surface area contributed by atoms with Crippen molar-refractivity contribution in [2.45, 2.75) is 6.54 Å². The molecule has 0 radical (unpaired) electrons. The highest BCUT2D eigenvalue weighted by atomic mass is 16.5. The lowest BCUT2D eigenvalue weighted by molar-refractivity contribution is 0.414. The van der Waals surface area contributed by atoms with Gasteiger partial charge in [-0.25, -0.2) is 4.79 Å². The second kappa shape index (κ2) is 5.52. The summed E-state index contributed by atoms with van der Waals surface area (Å²) in [7, 11) is 3.19. The van der Waals surface area contributed by atoms with Crippen molar-refractivity contribution in [1.82, 2.24) is 9.55 Å². The summed E-state index contributed by atoms with van der Waals surface area (Å²) in [6.45, 7) is 0.292. The molecule has 1 aromatic carbocycles. The monoisotopic (exact) mass is 276 g/mol. The molecule has 2 rings (SSSR count). The number of anilines is 2. The molecule has 0 spiro atoms. The van der Waals surface area contributed by atoms with Gasteiger partial charge in [0.1, 0.15) is 17.3 Å². The van der Waals surface area contributed by atoms with E-state index in [0.717, 1.165) is 11.3 Å². The van der Waals surface area contributed by atoms with E-state index in [1.54, 1.807) is 26.3 Å². The summed E-state index contributed by atoms with van der Waals surface area (Å²) < 4.78 is 6.45. The van der Waals surface area contributed by atoms with E-state index in [0.29, 0.717) is 12.4 Å². The first-order valence-corrected chi connectivity index (χ1v) is 6.00. The molecule has 0 saturated carbocycles. The summed E-state index contributed by atoms with van der Waals surface area (Å²) in [4.78, 5) is 25.5. The standard InChI is InChI=1S/C13H16N4O3/c1-15-11-10(14)12(18)16-13(19)17(11)7-8-3-5-9(20-2)6-4-8/h3-6,15H,7,14H2,1-2H3,(H,16,18,19). The quantitative estimate of drug-likeness (QED) is 0.741. The summed E-state index contributed by atoms with van der Waals surface area (Å²) in [5, 5.41) is 2.78. The molecule has 20 heavy (non-hydrogen) atoms. The van der Waals surface area contributed by atoms with Gasteiger partial charge in [-0.05, 0) is 17.7 Å². The molecule has 0 amide bonds. The third-order valence-corrected chi connectivity index (χ3v) is 2.97. The lowest BCUT2D eigenvalue weighted by Crippen LogP contribution is -2.33. The van der Waals surface area contributed by atoms with Gasteiger partial charge < -0.3 is 15.8 Å². The Bertz CT molecular complexity index is 716. The first-order chi connectivity index (χ1) is 9.56. The Labute approximate surface area is 115 Å². The fourth-order valence-electron chi connectivity index (χ4n) is 1.92. The topological polar surface area (TPSA) is 102 Å². The van der Waals surface area contributed by atoms with Crippen molar-refractivity contribution in [3.05, 3.63) is 50.7 Å². The third kappa shape index (κ3) is 2.51. The first kappa shape index (κ1) is 13.7. The molecule has 2 aromatic rings. The van der Waals surface area contributed by atoms with Crippen LogP contribution in [-0.4, -0.2) is 23.7 Å². The van der Waals surface area contributed by atoms with Crippen molar-refractivity contribution >= 4 is 11.5 Å². The maximum atomic E-state index is 11.9. The number of hydrogen-bond acceptors (Lipinski definition) is 5. The average molecular weight is 276 g/mol. The van der Waals surface area contributed by atoms with E-state index in [9.17, 15) is 9.59 Å². The molecule has 106 valence electrons. The highest BCUT2D eigenvalue weighted by Crippen LogP contribution is 2.15. The largest absolute Gasteiger partial charge is 0.497 e. The van der Waals surface area contributed by atoms with Crippen LogP contribution in [0.1, 0.15) is 5.56 Å². The number of H-pyrrole nitrogens is 1. The highest BCUT2D eigenvalue weighted by molar-refractivity contribution is 5.59. The van der Waals surface area contributed by atoms with Crippen molar-refractivity contribution in [2.75, 3.05) is 25.2 Å². The second-order valence-electron chi connectivity index (χ2n) is 4.21. The Morgan fingerprint density at radius 1 is 1.30 bits per heavy atom. The molecule has 0 bridgehead atoms. The van der Waals surface area contributed by atoms with E-state index in [4.69, 9.17) is 10.5 Å². The number of ether oxygens (including phenoxy) is 1. The number of rotatable bonds is 4. The maximum Gasteiger partial charge on any atom is 0.330 e. The molecule has 1 aromatic heterocycles. The van der Waals surface area contributed by atoms with Crippen LogP contribution in [0, 0.1) is 0 Å². The van der Waals surface area contributed by atoms with Crippen molar-refractivity contribution in [1.29, 1.82) is 0 Å². The van der Waals surface area contributed by atoms with Crippen molar-refractivity contribution in [3.63, 3.8) is 0 Å². The second-order valence-corrected chi connectivity index (χ2v) is 4.21.